The van der Waals surface area contributed by atoms with Crippen LogP contribution in [0.25, 0.3) is 0 Å². The molecular formula is C16H21N3O2. The fourth-order valence-corrected chi connectivity index (χ4v) is 2.59. The molecule has 2 aromatic rings. The third kappa shape index (κ3) is 2.88. The average Bonchev–Trinajstić information content (AvgIpc) is 2.94. The summed E-state index contributed by atoms with van der Waals surface area (Å²) in [4.78, 5) is 0. The normalized spacial score (nSPS) is 15.0. The van der Waals surface area contributed by atoms with Crippen LogP contribution in [0.5, 0.6) is 11.5 Å². The lowest BCUT2D eigenvalue weighted by Crippen LogP contribution is -2.25. The zero-order chi connectivity index (χ0) is 14.7. The molecule has 1 aliphatic heterocycles. The minimum atomic E-state index is 0.105. The molecule has 2 heterocycles. The highest BCUT2D eigenvalue weighted by molar-refractivity contribution is 5.46. The number of ether oxygens (including phenoxy) is 2. The van der Waals surface area contributed by atoms with Crippen molar-refractivity contribution in [1.29, 1.82) is 0 Å². The van der Waals surface area contributed by atoms with E-state index in [0.717, 1.165) is 35.7 Å². The number of fused-ring (bicyclic) bond motifs is 1. The van der Waals surface area contributed by atoms with Gasteiger partial charge in [0.15, 0.2) is 11.5 Å². The van der Waals surface area contributed by atoms with Crippen LogP contribution in [-0.2, 0) is 7.05 Å². The van der Waals surface area contributed by atoms with Gasteiger partial charge >= 0.3 is 0 Å². The Morgan fingerprint density at radius 3 is 2.76 bits per heavy atom. The van der Waals surface area contributed by atoms with Gasteiger partial charge in [-0.1, -0.05) is 13.0 Å². The zero-order valence-electron chi connectivity index (χ0n) is 12.5. The molecule has 21 heavy (non-hydrogen) atoms. The standard InChI is InChI=1S/C16H21N3O2/c1-3-7-17-16(13-6-8-18-19(13)2)12-4-5-14-15(11-12)21-10-9-20-14/h4-6,8,11,16-17H,3,7,9-10H2,1-2H3. The van der Waals surface area contributed by atoms with E-state index in [1.807, 2.05) is 30.1 Å². The lowest BCUT2D eigenvalue weighted by atomic mass is 10.0. The Morgan fingerprint density at radius 2 is 2.05 bits per heavy atom. The number of rotatable bonds is 5. The van der Waals surface area contributed by atoms with Gasteiger partial charge in [-0.05, 0) is 36.7 Å². The molecule has 1 aliphatic rings. The van der Waals surface area contributed by atoms with E-state index in [1.54, 1.807) is 0 Å². The van der Waals surface area contributed by atoms with Crippen LogP contribution < -0.4 is 14.8 Å². The Balaban J connectivity index is 1.94. The van der Waals surface area contributed by atoms with Crippen molar-refractivity contribution in [2.24, 2.45) is 7.05 Å². The fraction of sp³-hybridized carbons (Fsp3) is 0.438. The molecule has 0 spiro atoms. The number of hydrogen-bond acceptors (Lipinski definition) is 4. The summed E-state index contributed by atoms with van der Waals surface area (Å²) in [5.41, 5.74) is 2.30. The molecule has 0 amide bonds. The molecule has 1 aromatic carbocycles. The van der Waals surface area contributed by atoms with Crippen molar-refractivity contribution in [2.75, 3.05) is 19.8 Å². The number of aryl methyl sites for hydroxylation is 1. The van der Waals surface area contributed by atoms with Gasteiger partial charge in [0.1, 0.15) is 13.2 Å². The van der Waals surface area contributed by atoms with Crippen molar-refractivity contribution in [3.05, 3.63) is 41.7 Å². The summed E-state index contributed by atoms with van der Waals surface area (Å²) in [6.45, 7) is 4.34. The second-order valence-corrected chi connectivity index (χ2v) is 5.17. The molecule has 1 aromatic heterocycles. The Hall–Kier alpha value is -2.01. The Labute approximate surface area is 124 Å². The molecule has 0 fully saturated rings. The van der Waals surface area contributed by atoms with Crippen molar-refractivity contribution >= 4 is 0 Å². The largest absolute Gasteiger partial charge is 0.486 e. The molecular weight excluding hydrogens is 266 g/mol. The van der Waals surface area contributed by atoms with Crippen LogP contribution in [0.1, 0.15) is 30.6 Å². The number of aromatic nitrogens is 2. The van der Waals surface area contributed by atoms with Crippen molar-refractivity contribution < 1.29 is 9.47 Å². The zero-order valence-corrected chi connectivity index (χ0v) is 12.5. The molecule has 112 valence electrons. The van der Waals surface area contributed by atoms with Crippen LogP contribution in [0, 0.1) is 0 Å². The van der Waals surface area contributed by atoms with E-state index >= 15 is 0 Å². The summed E-state index contributed by atoms with van der Waals surface area (Å²) in [7, 11) is 1.97. The van der Waals surface area contributed by atoms with Crippen molar-refractivity contribution in [2.45, 2.75) is 19.4 Å². The molecule has 5 nitrogen and oxygen atoms in total. The van der Waals surface area contributed by atoms with Gasteiger partial charge in [0.2, 0.25) is 0 Å². The molecule has 0 saturated heterocycles. The molecule has 1 unspecified atom stereocenters. The number of nitrogens with one attached hydrogen (secondary N) is 1. The summed E-state index contributed by atoms with van der Waals surface area (Å²) < 4.78 is 13.2. The van der Waals surface area contributed by atoms with Gasteiger partial charge in [-0.3, -0.25) is 4.68 Å². The molecule has 1 N–H and O–H groups in total. The highest BCUT2D eigenvalue weighted by Crippen LogP contribution is 2.34. The topological polar surface area (TPSA) is 48.3 Å². The summed E-state index contributed by atoms with van der Waals surface area (Å²) in [5, 5.41) is 7.86. The monoisotopic (exact) mass is 287 g/mol. The third-order valence-corrected chi connectivity index (χ3v) is 3.65. The van der Waals surface area contributed by atoms with Gasteiger partial charge in [0, 0.05) is 13.2 Å². The first-order valence-electron chi connectivity index (χ1n) is 7.40. The smallest absolute Gasteiger partial charge is 0.161 e. The predicted molar refractivity (Wildman–Crippen MR) is 80.8 cm³/mol. The third-order valence-electron chi connectivity index (χ3n) is 3.65. The maximum Gasteiger partial charge on any atom is 0.161 e. The van der Waals surface area contributed by atoms with Crippen molar-refractivity contribution in [3.63, 3.8) is 0 Å². The second kappa shape index (κ2) is 6.18. The van der Waals surface area contributed by atoms with E-state index in [0.29, 0.717) is 13.2 Å². The maximum absolute atomic E-state index is 5.69. The van der Waals surface area contributed by atoms with E-state index in [2.05, 4.69) is 29.5 Å². The fourth-order valence-electron chi connectivity index (χ4n) is 2.59. The quantitative estimate of drug-likeness (QED) is 0.916. The molecule has 0 saturated carbocycles. The summed E-state index contributed by atoms with van der Waals surface area (Å²) in [6.07, 6.45) is 2.91. The van der Waals surface area contributed by atoms with Gasteiger partial charge in [-0.15, -0.1) is 0 Å². The maximum atomic E-state index is 5.69. The van der Waals surface area contributed by atoms with Crippen LogP contribution in [0.15, 0.2) is 30.5 Å². The Kier molecular flexibility index (Phi) is 4.10. The lowest BCUT2D eigenvalue weighted by Gasteiger charge is -2.23. The number of nitrogens with zero attached hydrogens (tertiary/aromatic N) is 2. The van der Waals surface area contributed by atoms with Crippen molar-refractivity contribution in [1.82, 2.24) is 15.1 Å². The van der Waals surface area contributed by atoms with Crippen LogP contribution in [0.3, 0.4) is 0 Å². The Morgan fingerprint density at radius 1 is 1.24 bits per heavy atom. The number of benzene rings is 1. The van der Waals surface area contributed by atoms with Gasteiger partial charge in [-0.25, -0.2) is 0 Å². The highest BCUT2D eigenvalue weighted by Gasteiger charge is 2.20. The predicted octanol–water partition coefficient (Wildman–Crippen LogP) is 2.28. The minimum Gasteiger partial charge on any atom is -0.486 e. The number of hydrogen-bond donors (Lipinski definition) is 1. The molecule has 5 heteroatoms. The minimum absolute atomic E-state index is 0.105. The van der Waals surface area contributed by atoms with E-state index in [-0.39, 0.29) is 6.04 Å². The van der Waals surface area contributed by atoms with E-state index < -0.39 is 0 Å². The summed E-state index contributed by atoms with van der Waals surface area (Å²) in [6, 6.07) is 8.29. The Bertz CT molecular complexity index is 609. The summed E-state index contributed by atoms with van der Waals surface area (Å²) in [5.74, 6) is 1.65. The summed E-state index contributed by atoms with van der Waals surface area (Å²) >= 11 is 0. The van der Waals surface area contributed by atoms with Gasteiger partial charge < -0.3 is 14.8 Å². The SMILES string of the molecule is CCCNC(c1ccc2c(c1)OCCO2)c1ccnn1C. The van der Waals surface area contributed by atoms with Gasteiger partial charge in [0.25, 0.3) is 0 Å². The van der Waals surface area contributed by atoms with Gasteiger partial charge in [-0.2, -0.15) is 5.10 Å². The molecule has 0 radical (unpaired) electrons. The van der Waals surface area contributed by atoms with Crippen LogP contribution in [0.4, 0.5) is 0 Å². The van der Waals surface area contributed by atoms with E-state index in [1.165, 1.54) is 0 Å². The van der Waals surface area contributed by atoms with Crippen LogP contribution >= 0.6 is 0 Å². The molecule has 1 atom stereocenters. The lowest BCUT2D eigenvalue weighted by molar-refractivity contribution is 0.171. The highest BCUT2D eigenvalue weighted by atomic mass is 16.6. The van der Waals surface area contributed by atoms with E-state index in [4.69, 9.17) is 9.47 Å². The molecule has 0 bridgehead atoms. The first kappa shape index (κ1) is 13.9. The molecule has 0 aliphatic carbocycles. The second-order valence-electron chi connectivity index (χ2n) is 5.17. The first-order chi connectivity index (χ1) is 10.3. The van der Waals surface area contributed by atoms with Crippen LogP contribution in [-0.4, -0.2) is 29.5 Å². The molecule has 3 rings (SSSR count). The van der Waals surface area contributed by atoms with Crippen LogP contribution in [0.2, 0.25) is 0 Å². The van der Waals surface area contributed by atoms with Crippen molar-refractivity contribution in [3.8, 4) is 11.5 Å². The van der Waals surface area contributed by atoms with E-state index in [9.17, 15) is 0 Å². The first-order valence-corrected chi connectivity index (χ1v) is 7.40. The van der Waals surface area contributed by atoms with Gasteiger partial charge in [0.05, 0.1) is 11.7 Å². The average molecular weight is 287 g/mol.